The van der Waals surface area contributed by atoms with Gasteiger partial charge in [0.15, 0.2) is 0 Å². The van der Waals surface area contributed by atoms with Crippen LogP contribution >= 0.6 is 22.9 Å². The minimum atomic E-state index is 0.0525. The van der Waals surface area contributed by atoms with Crippen LogP contribution in [0.2, 0.25) is 5.02 Å². The molecular formula is C17H23ClN2S. The lowest BCUT2D eigenvalue weighted by Gasteiger charge is -2.20. The predicted octanol–water partition coefficient (Wildman–Crippen LogP) is 4.75. The van der Waals surface area contributed by atoms with Crippen molar-refractivity contribution in [3.8, 4) is 0 Å². The zero-order chi connectivity index (χ0) is 15.6. The highest BCUT2D eigenvalue weighted by Crippen LogP contribution is 2.34. The van der Waals surface area contributed by atoms with Crippen LogP contribution in [0.5, 0.6) is 0 Å². The second-order valence-corrected chi connectivity index (χ2v) is 7.76. The third-order valence-corrected chi connectivity index (χ3v) is 5.53. The molecule has 4 heteroatoms. The van der Waals surface area contributed by atoms with E-state index in [2.05, 4.69) is 55.8 Å². The molecule has 21 heavy (non-hydrogen) atoms. The number of halogens is 1. The average molecular weight is 323 g/mol. The van der Waals surface area contributed by atoms with Crippen molar-refractivity contribution in [2.24, 2.45) is 5.84 Å². The lowest BCUT2D eigenvalue weighted by atomic mass is 9.86. The Balaban J connectivity index is 2.18. The van der Waals surface area contributed by atoms with Gasteiger partial charge in [0.2, 0.25) is 0 Å². The first-order chi connectivity index (χ1) is 9.82. The zero-order valence-electron chi connectivity index (χ0n) is 13.0. The topological polar surface area (TPSA) is 38.0 Å². The molecule has 0 bridgehead atoms. The van der Waals surface area contributed by atoms with Crippen LogP contribution in [0.15, 0.2) is 29.6 Å². The Morgan fingerprint density at radius 3 is 2.29 bits per heavy atom. The minimum Gasteiger partial charge on any atom is -0.271 e. The summed E-state index contributed by atoms with van der Waals surface area (Å²) in [6.45, 7) is 8.69. The first-order valence-corrected chi connectivity index (χ1v) is 8.37. The summed E-state index contributed by atoms with van der Waals surface area (Å²) >= 11 is 8.01. The van der Waals surface area contributed by atoms with E-state index in [1.54, 1.807) is 11.3 Å². The molecule has 0 spiro atoms. The number of nitrogens with one attached hydrogen (secondary N) is 1. The van der Waals surface area contributed by atoms with Crippen molar-refractivity contribution in [3.05, 3.63) is 56.2 Å². The Bertz CT molecular complexity index is 596. The van der Waals surface area contributed by atoms with Gasteiger partial charge in [-0.05, 0) is 40.8 Å². The van der Waals surface area contributed by atoms with Crippen LogP contribution in [0, 0.1) is 6.92 Å². The van der Waals surface area contributed by atoms with Gasteiger partial charge in [-0.3, -0.25) is 11.3 Å². The van der Waals surface area contributed by atoms with Gasteiger partial charge in [-0.1, -0.05) is 56.6 Å². The molecule has 0 saturated heterocycles. The van der Waals surface area contributed by atoms with Crippen molar-refractivity contribution in [1.82, 2.24) is 5.43 Å². The highest BCUT2D eigenvalue weighted by molar-refractivity contribution is 7.10. The van der Waals surface area contributed by atoms with Crippen molar-refractivity contribution >= 4 is 22.9 Å². The van der Waals surface area contributed by atoms with Crippen molar-refractivity contribution in [3.63, 3.8) is 0 Å². The van der Waals surface area contributed by atoms with Crippen LogP contribution in [-0.4, -0.2) is 0 Å². The molecule has 1 heterocycles. The third kappa shape index (κ3) is 3.86. The number of hydrogen-bond donors (Lipinski definition) is 2. The van der Waals surface area contributed by atoms with Gasteiger partial charge in [0.05, 0.1) is 11.1 Å². The van der Waals surface area contributed by atoms with E-state index in [9.17, 15) is 0 Å². The molecule has 2 nitrogen and oxygen atoms in total. The van der Waals surface area contributed by atoms with Gasteiger partial charge in [-0.2, -0.15) is 0 Å². The Hall–Kier alpha value is -0.870. The smallest absolute Gasteiger partial charge is 0.0608 e. The maximum atomic E-state index is 6.35. The Labute approximate surface area is 136 Å². The number of nitrogens with two attached hydrogens (primary N) is 1. The first-order valence-electron chi connectivity index (χ1n) is 7.12. The van der Waals surface area contributed by atoms with E-state index in [-0.39, 0.29) is 11.5 Å². The van der Waals surface area contributed by atoms with Crippen LogP contribution in [0.1, 0.15) is 48.4 Å². The van der Waals surface area contributed by atoms with E-state index in [4.69, 9.17) is 17.4 Å². The quantitative estimate of drug-likeness (QED) is 0.629. The Morgan fingerprint density at radius 2 is 1.86 bits per heavy atom. The summed E-state index contributed by atoms with van der Waals surface area (Å²) in [4.78, 5) is 1.11. The van der Waals surface area contributed by atoms with Gasteiger partial charge in [0, 0.05) is 4.88 Å². The largest absolute Gasteiger partial charge is 0.271 e. The molecule has 1 aromatic carbocycles. The molecular weight excluding hydrogens is 300 g/mol. The van der Waals surface area contributed by atoms with E-state index in [0.717, 1.165) is 21.9 Å². The molecule has 1 unspecified atom stereocenters. The summed E-state index contributed by atoms with van der Waals surface area (Å²) in [6.07, 6.45) is 0.834. The van der Waals surface area contributed by atoms with E-state index in [0.29, 0.717) is 0 Å². The highest BCUT2D eigenvalue weighted by atomic mass is 35.5. The summed E-state index contributed by atoms with van der Waals surface area (Å²) in [6, 6.07) is 8.81. The fourth-order valence-corrected chi connectivity index (χ4v) is 3.67. The van der Waals surface area contributed by atoms with Gasteiger partial charge in [-0.15, -0.1) is 11.3 Å². The van der Waals surface area contributed by atoms with Crippen LogP contribution in [0.3, 0.4) is 0 Å². The predicted molar refractivity (Wildman–Crippen MR) is 93.0 cm³/mol. The molecule has 0 aliphatic carbocycles. The normalized spacial score (nSPS) is 13.4. The number of hydrogen-bond acceptors (Lipinski definition) is 3. The lowest BCUT2D eigenvalue weighted by molar-refractivity contribution is 0.559. The summed E-state index contributed by atoms with van der Waals surface area (Å²) in [5.74, 6) is 5.73. The molecule has 0 aliphatic heterocycles. The van der Waals surface area contributed by atoms with Crippen LogP contribution in [0.4, 0.5) is 0 Å². The monoisotopic (exact) mass is 322 g/mol. The van der Waals surface area contributed by atoms with Gasteiger partial charge in [0.1, 0.15) is 0 Å². The lowest BCUT2D eigenvalue weighted by Crippen LogP contribution is -2.29. The Kier molecular flexibility index (Phi) is 5.10. The molecule has 0 fully saturated rings. The number of thiophene rings is 1. The van der Waals surface area contributed by atoms with Gasteiger partial charge in [-0.25, -0.2) is 0 Å². The van der Waals surface area contributed by atoms with Gasteiger partial charge >= 0.3 is 0 Å². The van der Waals surface area contributed by atoms with E-state index >= 15 is 0 Å². The van der Waals surface area contributed by atoms with Crippen molar-refractivity contribution in [2.45, 2.75) is 45.6 Å². The van der Waals surface area contributed by atoms with Crippen molar-refractivity contribution < 1.29 is 0 Å². The van der Waals surface area contributed by atoms with Gasteiger partial charge in [0.25, 0.3) is 0 Å². The molecule has 1 atom stereocenters. The van der Waals surface area contributed by atoms with Crippen LogP contribution < -0.4 is 11.3 Å². The maximum Gasteiger partial charge on any atom is 0.0608 e. The molecule has 0 amide bonds. The molecule has 2 rings (SSSR count). The second kappa shape index (κ2) is 6.49. The fraction of sp³-hybridized carbons (Fsp3) is 0.412. The number of aryl methyl sites for hydroxylation is 1. The third-order valence-electron chi connectivity index (χ3n) is 3.70. The minimum absolute atomic E-state index is 0.0525. The molecule has 0 saturated carbocycles. The first kappa shape index (κ1) is 16.5. The molecule has 2 aromatic rings. The zero-order valence-corrected chi connectivity index (χ0v) is 14.6. The molecule has 3 N–H and O–H groups in total. The van der Waals surface area contributed by atoms with Crippen LogP contribution in [-0.2, 0) is 11.8 Å². The molecule has 114 valence electrons. The summed E-state index contributed by atoms with van der Waals surface area (Å²) in [5, 5.41) is 2.90. The van der Waals surface area contributed by atoms with Gasteiger partial charge < -0.3 is 0 Å². The number of benzene rings is 1. The van der Waals surface area contributed by atoms with Crippen molar-refractivity contribution in [1.29, 1.82) is 0 Å². The second-order valence-electron chi connectivity index (χ2n) is 6.47. The highest BCUT2D eigenvalue weighted by Gasteiger charge is 2.18. The summed E-state index contributed by atoms with van der Waals surface area (Å²) in [7, 11) is 0. The van der Waals surface area contributed by atoms with E-state index in [1.165, 1.54) is 11.1 Å². The summed E-state index contributed by atoms with van der Waals surface area (Å²) < 4.78 is 0. The SMILES string of the molecule is Cc1csc(C(Cc2ccc(C(C)(C)C)cc2)NN)c1Cl. The molecule has 0 aliphatic rings. The summed E-state index contributed by atoms with van der Waals surface area (Å²) in [5.41, 5.74) is 6.78. The average Bonchev–Trinajstić information content (AvgIpc) is 2.76. The van der Waals surface area contributed by atoms with E-state index in [1.807, 2.05) is 6.92 Å². The standard InChI is InChI=1S/C17H23ClN2S/c1-11-10-21-16(15(11)18)14(20-19)9-12-5-7-13(8-6-12)17(2,3)4/h5-8,10,14,20H,9,19H2,1-4H3. The molecule has 0 radical (unpaired) electrons. The van der Waals surface area contributed by atoms with Crippen LogP contribution in [0.25, 0.3) is 0 Å². The molecule has 1 aromatic heterocycles. The number of rotatable bonds is 4. The Morgan fingerprint density at radius 1 is 1.24 bits per heavy atom. The fourth-order valence-electron chi connectivity index (χ4n) is 2.29. The number of hydrazine groups is 1. The van der Waals surface area contributed by atoms with Crippen molar-refractivity contribution in [2.75, 3.05) is 0 Å². The van der Waals surface area contributed by atoms with E-state index < -0.39 is 0 Å². The maximum absolute atomic E-state index is 6.35.